The maximum atomic E-state index is 11.7. The van der Waals surface area contributed by atoms with Crippen molar-refractivity contribution < 1.29 is 9.59 Å². The van der Waals surface area contributed by atoms with Crippen molar-refractivity contribution in [2.24, 2.45) is 0 Å². The minimum Gasteiger partial charge on any atom is -0.285 e. The summed E-state index contributed by atoms with van der Waals surface area (Å²) in [4.78, 5) is 24.2. The zero-order valence-corrected chi connectivity index (χ0v) is 10.5. The van der Waals surface area contributed by atoms with E-state index in [-0.39, 0.29) is 17.1 Å². The number of carbonyl (C=O) groups is 2. The number of likely N-dealkylation sites (tertiary alicyclic amines) is 1. The van der Waals surface area contributed by atoms with Gasteiger partial charge < -0.3 is 0 Å². The fourth-order valence-corrected chi connectivity index (χ4v) is 3.29. The van der Waals surface area contributed by atoms with Crippen molar-refractivity contribution in [3.8, 4) is 0 Å². The summed E-state index contributed by atoms with van der Waals surface area (Å²) in [5.41, 5.74) is 0. The van der Waals surface area contributed by atoms with Gasteiger partial charge in [-0.1, -0.05) is 20.3 Å². The summed E-state index contributed by atoms with van der Waals surface area (Å²) >= 11 is 1.68. The predicted molar refractivity (Wildman–Crippen MR) is 62.8 cm³/mol. The molecule has 0 bridgehead atoms. The van der Waals surface area contributed by atoms with E-state index in [1.54, 1.807) is 18.8 Å². The van der Waals surface area contributed by atoms with Crippen molar-refractivity contribution in [1.29, 1.82) is 0 Å². The molecule has 1 aliphatic rings. The van der Waals surface area contributed by atoms with E-state index in [9.17, 15) is 9.59 Å². The van der Waals surface area contributed by atoms with Gasteiger partial charge in [0.25, 0.3) is 0 Å². The molecule has 2 unspecified atom stereocenters. The van der Waals surface area contributed by atoms with Gasteiger partial charge in [0, 0.05) is 18.7 Å². The number of hydrogen-bond donors (Lipinski definition) is 0. The normalized spacial score (nSPS) is 23.7. The molecule has 1 heterocycles. The van der Waals surface area contributed by atoms with Crippen LogP contribution in [-0.2, 0) is 9.59 Å². The highest BCUT2D eigenvalue weighted by molar-refractivity contribution is 8.01. The van der Waals surface area contributed by atoms with Crippen molar-refractivity contribution in [2.75, 3.05) is 7.05 Å². The molecular weight excluding hydrogens is 210 g/mol. The summed E-state index contributed by atoms with van der Waals surface area (Å²) < 4.78 is 0. The number of imide groups is 1. The van der Waals surface area contributed by atoms with E-state index in [4.69, 9.17) is 0 Å². The molecule has 0 aromatic carbocycles. The maximum absolute atomic E-state index is 11.7. The summed E-state index contributed by atoms with van der Waals surface area (Å²) in [6.45, 7) is 4.29. The zero-order valence-electron chi connectivity index (χ0n) is 9.66. The van der Waals surface area contributed by atoms with Gasteiger partial charge in [0.2, 0.25) is 11.8 Å². The van der Waals surface area contributed by atoms with Gasteiger partial charge in [-0.05, 0) is 12.8 Å². The Labute approximate surface area is 95.6 Å². The molecule has 2 atom stereocenters. The molecule has 0 saturated carbocycles. The second-order valence-corrected chi connectivity index (χ2v) is 5.45. The van der Waals surface area contributed by atoms with Crippen molar-refractivity contribution in [2.45, 2.75) is 50.0 Å². The number of rotatable bonds is 5. The van der Waals surface area contributed by atoms with Gasteiger partial charge in [0.05, 0.1) is 5.25 Å². The highest BCUT2D eigenvalue weighted by Crippen LogP contribution is 2.31. The summed E-state index contributed by atoms with van der Waals surface area (Å²) in [6, 6.07) is 0. The van der Waals surface area contributed by atoms with Crippen LogP contribution in [-0.4, -0.2) is 34.3 Å². The summed E-state index contributed by atoms with van der Waals surface area (Å²) in [5, 5.41) is 0.391. The molecule has 86 valence electrons. The van der Waals surface area contributed by atoms with Crippen LogP contribution in [0.5, 0.6) is 0 Å². The van der Waals surface area contributed by atoms with Crippen LogP contribution in [0.2, 0.25) is 0 Å². The van der Waals surface area contributed by atoms with E-state index in [1.807, 2.05) is 0 Å². The summed E-state index contributed by atoms with van der Waals surface area (Å²) in [7, 11) is 1.58. The summed E-state index contributed by atoms with van der Waals surface area (Å²) in [5.74, 6) is -0.0524. The molecule has 0 aromatic heterocycles. The topological polar surface area (TPSA) is 37.4 Å². The van der Waals surface area contributed by atoms with Gasteiger partial charge in [-0.15, -0.1) is 11.8 Å². The van der Waals surface area contributed by atoms with Crippen molar-refractivity contribution >= 4 is 23.6 Å². The van der Waals surface area contributed by atoms with Gasteiger partial charge in [-0.2, -0.15) is 0 Å². The molecule has 1 saturated heterocycles. The van der Waals surface area contributed by atoms with Gasteiger partial charge in [0.1, 0.15) is 0 Å². The average Bonchev–Trinajstić information content (AvgIpc) is 2.46. The molecule has 4 heteroatoms. The Kier molecular flexibility index (Phi) is 4.64. The Balaban J connectivity index is 2.51. The van der Waals surface area contributed by atoms with Crippen LogP contribution in [0.1, 0.15) is 39.5 Å². The van der Waals surface area contributed by atoms with Gasteiger partial charge in [-0.25, -0.2) is 0 Å². The van der Waals surface area contributed by atoms with E-state index >= 15 is 0 Å². The van der Waals surface area contributed by atoms with Gasteiger partial charge in [0.15, 0.2) is 0 Å². The Bertz CT molecular complexity index is 255. The zero-order chi connectivity index (χ0) is 11.4. The number of hydrogen-bond acceptors (Lipinski definition) is 3. The Morgan fingerprint density at radius 2 is 2.13 bits per heavy atom. The Hall–Kier alpha value is -0.510. The van der Waals surface area contributed by atoms with Crippen molar-refractivity contribution in [1.82, 2.24) is 4.90 Å². The van der Waals surface area contributed by atoms with Crippen LogP contribution in [0.15, 0.2) is 0 Å². The molecular formula is C11H19NO2S. The van der Waals surface area contributed by atoms with Crippen LogP contribution in [0, 0.1) is 0 Å². The third-order valence-electron chi connectivity index (χ3n) is 2.76. The molecule has 1 aliphatic heterocycles. The number of nitrogens with zero attached hydrogens (tertiary/aromatic N) is 1. The van der Waals surface area contributed by atoms with E-state index < -0.39 is 0 Å². The molecule has 0 radical (unpaired) electrons. The first-order chi connectivity index (χ1) is 7.10. The van der Waals surface area contributed by atoms with E-state index in [2.05, 4.69) is 13.8 Å². The molecule has 0 N–H and O–H groups in total. The maximum Gasteiger partial charge on any atom is 0.242 e. The predicted octanol–water partition coefficient (Wildman–Crippen LogP) is 2.06. The van der Waals surface area contributed by atoms with Crippen molar-refractivity contribution in [3.63, 3.8) is 0 Å². The quantitative estimate of drug-likeness (QED) is 0.677. The first-order valence-corrected chi connectivity index (χ1v) is 6.50. The lowest BCUT2D eigenvalue weighted by Gasteiger charge is -2.16. The van der Waals surface area contributed by atoms with Crippen LogP contribution in [0.3, 0.4) is 0 Å². The fraction of sp³-hybridized carbons (Fsp3) is 0.818. The number of thioether (sulfide) groups is 1. The number of amides is 2. The third kappa shape index (κ3) is 2.97. The lowest BCUT2D eigenvalue weighted by atomic mass is 10.2. The van der Waals surface area contributed by atoms with Crippen LogP contribution < -0.4 is 0 Å². The van der Waals surface area contributed by atoms with Gasteiger partial charge in [-0.3, -0.25) is 14.5 Å². The number of carbonyl (C=O) groups excluding carboxylic acids is 2. The minimum absolute atomic E-state index is 0.0143. The van der Waals surface area contributed by atoms with Crippen LogP contribution in [0.25, 0.3) is 0 Å². The molecule has 15 heavy (non-hydrogen) atoms. The van der Waals surface area contributed by atoms with E-state index in [0.717, 1.165) is 19.3 Å². The highest BCUT2D eigenvalue weighted by Gasteiger charge is 2.37. The first-order valence-electron chi connectivity index (χ1n) is 5.56. The van der Waals surface area contributed by atoms with Crippen molar-refractivity contribution in [3.05, 3.63) is 0 Å². The minimum atomic E-state index is -0.126. The molecule has 1 rings (SSSR count). The molecule has 2 amide bonds. The van der Waals surface area contributed by atoms with Crippen LogP contribution in [0.4, 0.5) is 0 Å². The monoisotopic (exact) mass is 229 g/mol. The van der Waals surface area contributed by atoms with E-state index in [1.165, 1.54) is 4.90 Å². The molecule has 1 fully saturated rings. The van der Waals surface area contributed by atoms with E-state index in [0.29, 0.717) is 11.7 Å². The Morgan fingerprint density at radius 1 is 1.47 bits per heavy atom. The summed E-state index contributed by atoms with van der Waals surface area (Å²) in [6.07, 6.45) is 3.72. The SMILES string of the molecule is CCCC(CC)SC1CC(=O)N(C)C1=O. The highest BCUT2D eigenvalue weighted by atomic mass is 32.2. The van der Waals surface area contributed by atoms with Crippen LogP contribution >= 0.6 is 11.8 Å². The first kappa shape index (κ1) is 12.6. The lowest BCUT2D eigenvalue weighted by Crippen LogP contribution is -2.27. The fourth-order valence-electron chi connectivity index (χ4n) is 1.75. The molecule has 0 aromatic rings. The molecule has 3 nitrogen and oxygen atoms in total. The molecule has 0 aliphatic carbocycles. The Morgan fingerprint density at radius 3 is 2.53 bits per heavy atom. The second-order valence-electron chi connectivity index (χ2n) is 3.94. The lowest BCUT2D eigenvalue weighted by molar-refractivity contribution is -0.136. The smallest absolute Gasteiger partial charge is 0.242 e. The molecule has 0 spiro atoms. The second kappa shape index (κ2) is 5.54. The largest absolute Gasteiger partial charge is 0.285 e. The standard InChI is InChI=1S/C11H19NO2S/c1-4-6-8(5-2)15-9-7-10(13)12(3)11(9)14/h8-9H,4-7H2,1-3H3. The van der Waals surface area contributed by atoms with Gasteiger partial charge >= 0.3 is 0 Å². The third-order valence-corrected chi connectivity index (χ3v) is 4.41. The average molecular weight is 229 g/mol.